The SMILES string of the molecule is Cc1ccc2c(c1)[nH]c(=O)n2C1CCN(C2CCNCC2)CC1. The summed E-state index contributed by atoms with van der Waals surface area (Å²) in [6.07, 6.45) is 4.67. The van der Waals surface area contributed by atoms with Crippen LogP contribution in [0.5, 0.6) is 0 Å². The van der Waals surface area contributed by atoms with Crippen molar-refractivity contribution < 1.29 is 0 Å². The number of hydrogen-bond donors (Lipinski definition) is 2. The van der Waals surface area contributed by atoms with Gasteiger partial charge >= 0.3 is 5.69 Å². The van der Waals surface area contributed by atoms with Crippen molar-refractivity contribution >= 4 is 11.0 Å². The number of rotatable bonds is 2. The van der Waals surface area contributed by atoms with Crippen molar-refractivity contribution in [2.45, 2.75) is 44.7 Å². The molecule has 5 nitrogen and oxygen atoms in total. The van der Waals surface area contributed by atoms with Crippen molar-refractivity contribution in [2.24, 2.45) is 0 Å². The van der Waals surface area contributed by atoms with Gasteiger partial charge in [0.2, 0.25) is 0 Å². The fraction of sp³-hybridized carbons (Fsp3) is 0.611. The molecule has 0 aliphatic carbocycles. The van der Waals surface area contributed by atoms with E-state index in [1.807, 2.05) is 4.57 Å². The Hall–Kier alpha value is -1.59. The molecule has 2 saturated heterocycles. The zero-order chi connectivity index (χ0) is 15.8. The Morgan fingerprint density at radius 1 is 1.04 bits per heavy atom. The Bertz CT molecular complexity index is 733. The number of likely N-dealkylation sites (tertiary alicyclic amines) is 1. The van der Waals surface area contributed by atoms with Crippen molar-refractivity contribution in [3.8, 4) is 0 Å². The second-order valence-electron chi connectivity index (χ2n) is 7.07. The van der Waals surface area contributed by atoms with Crippen LogP contribution in [0, 0.1) is 6.92 Å². The second kappa shape index (κ2) is 6.13. The van der Waals surface area contributed by atoms with Crippen LogP contribution >= 0.6 is 0 Å². The number of aryl methyl sites for hydroxylation is 1. The number of aromatic amines is 1. The maximum atomic E-state index is 12.4. The molecule has 0 unspecified atom stereocenters. The van der Waals surface area contributed by atoms with Crippen molar-refractivity contribution in [1.29, 1.82) is 0 Å². The first-order valence-corrected chi connectivity index (χ1v) is 8.88. The molecule has 0 saturated carbocycles. The summed E-state index contributed by atoms with van der Waals surface area (Å²) in [4.78, 5) is 18.1. The topological polar surface area (TPSA) is 53.1 Å². The fourth-order valence-electron chi connectivity index (χ4n) is 4.29. The Kier molecular flexibility index (Phi) is 3.99. The zero-order valence-corrected chi connectivity index (χ0v) is 13.8. The average molecular weight is 314 g/mol. The van der Waals surface area contributed by atoms with Crippen molar-refractivity contribution in [1.82, 2.24) is 19.8 Å². The summed E-state index contributed by atoms with van der Waals surface area (Å²) in [5, 5.41) is 3.44. The molecule has 2 aliphatic heterocycles. The van der Waals surface area contributed by atoms with E-state index in [4.69, 9.17) is 0 Å². The first kappa shape index (κ1) is 15.0. The molecule has 0 bridgehead atoms. The van der Waals surface area contributed by atoms with Gasteiger partial charge in [-0.25, -0.2) is 4.79 Å². The van der Waals surface area contributed by atoms with Crippen LogP contribution in [-0.4, -0.2) is 46.7 Å². The number of H-pyrrole nitrogens is 1. The van der Waals surface area contributed by atoms with E-state index in [0.717, 1.165) is 56.1 Å². The minimum atomic E-state index is 0.0471. The molecule has 124 valence electrons. The van der Waals surface area contributed by atoms with Gasteiger partial charge in [0.1, 0.15) is 0 Å². The highest BCUT2D eigenvalue weighted by molar-refractivity contribution is 5.76. The van der Waals surface area contributed by atoms with E-state index in [1.54, 1.807) is 0 Å². The molecular weight excluding hydrogens is 288 g/mol. The lowest BCUT2D eigenvalue weighted by Gasteiger charge is -2.39. The van der Waals surface area contributed by atoms with E-state index in [0.29, 0.717) is 6.04 Å². The predicted octanol–water partition coefficient (Wildman–Crippen LogP) is 2.03. The van der Waals surface area contributed by atoms with Gasteiger partial charge in [0.05, 0.1) is 11.0 Å². The normalized spacial score (nSPS) is 22.0. The van der Waals surface area contributed by atoms with E-state index in [1.165, 1.54) is 18.4 Å². The average Bonchev–Trinajstić information content (AvgIpc) is 2.90. The summed E-state index contributed by atoms with van der Waals surface area (Å²) in [5.41, 5.74) is 3.26. The van der Waals surface area contributed by atoms with E-state index in [-0.39, 0.29) is 5.69 Å². The van der Waals surface area contributed by atoms with E-state index < -0.39 is 0 Å². The van der Waals surface area contributed by atoms with E-state index in [9.17, 15) is 4.79 Å². The third kappa shape index (κ3) is 2.83. The number of fused-ring (bicyclic) bond motifs is 1. The molecular formula is C18H26N4O. The monoisotopic (exact) mass is 314 g/mol. The lowest BCUT2D eigenvalue weighted by Crippen LogP contribution is -2.47. The quantitative estimate of drug-likeness (QED) is 0.892. The number of piperidine rings is 2. The van der Waals surface area contributed by atoms with Crippen molar-refractivity contribution in [3.05, 3.63) is 34.2 Å². The van der Waals surface area contributed by atoms with Gasteiger partial charge in [0, 0.05) is 25.2 Å². The lowest BCUT2D eigenvalue weighted by molar-refractivity contribution is 0.113. The van der Waals surface area contributed by atoms with Gasteiger partial charge in [0.25, 0.3) is 0 Å². The van der Waals surface area contributed by atoms with Gasteiger partial charge in [-0.2, -0.15) is 0 Å². The maximum absolute atomic E-state index is 12.4. The summed E-state index contributed by atoms with van der Waals surface area (Å²) < 4.78 is 1.99. The second-order valence-corrected chi connectivity index (χ2v) is 7.07. The van der Waals surface area contributed by atoms with Gasteiger partial charge < -0.3 is 15.2 Å². The molecule has 0 radical (unpaired) electrons. The molecule has 2 aromatic rings. The van der Waals surface area contributed by atoms with Gasteiger partial charge in [-0.3, -0.25) is 4.57 Å². The fourth-order valence-corrected chi connectivity index (χ4v) is 4.29. The Morgan fingerprint density at radius 2 is 1.78 bits per heavy atom. The standard InChI is InChI=1S/C18H26N4O/c1-13-2-3-17-16(12-13)20-18(23)22(17)15-6-10-21(11-7-15)14-4-8-19-9-5-14/h2-3,12,14-15,19H,4-11H2,1H3,(H,20,23). The maximum Gasteiger partial charge on any atom is 0.326 e. The van der Waals surface area contributed by atoms with Crippen LogP contribution in [0.4, 0.5) is 0 Å². The summed E-state index contributed by atoms with van der Waals surface area (Å²) in [6, 6.07) is 7.31. The van der Waals surface area contributed by atoms with Crippen LogP contribution in [0.1, 0.15) is 37.3 Å². The zero-order valence-electron chi connectivity index (χ0n) is 13.8. The first-order chi connectivity index (χ1) is 11.2. The molecule has 23 heavy (non-hydrogen) atoms. The molecule has 1 aromatic carbocycles. The molecule has 2 aliphatic rings. The summed E-state index contributed by atoms with van der Waals surface area (Å²) in [5.74, 6) is 0. The number of nitrogens with one attached hydrogen (secondary N) is 2. The van der Waals surface area contributed by atoms with Crippen molar-refractivity contribution in [2.75, 3.05) is 26.2 Å². The number of nitrogens with zero attached hydrogens (tertiary/aromatic N) is 2. The Labute approximate surface area is 136 Å². The van der Waals surface area contributed by atoms with Crippen LogP contribution in [0.25, 0.3) is 11.0 Å². The highest BCUT2D eigenvalue weighted by atomic mass is 16.1. The smallest absolute Gasteiger partial charge is 0.317 e. The van der Waals surface area contributed by atoms with Crippen LogP contribution in [-0.2, 0) is 0 Å². The van der Waals surface area contributed by atoms with E-state index >= 15 is 0 Å². The molecule has 1 aromatic heterocycles. The van der Waals surface area contributed by atoms with Gasteiger partial charge in [0.15, 0.2) is 0 Å². The molecule has 3 heterocycles. The molecule has 5 heteroatoms. The van der Waals surface area contributed by atoms with Gasteiger partial charge in [-0.15, -0.1) is 0 Å². The van der Waals surface area contributed by atoms with Gasteiger partial charge in [-0.1, -0.05) is 6.07 Å². The number of hydrogen-bond acceptors (Lipinski definition) is 3. The van der Waals surface area contributed by atoms with Gasteiger partial charge in [-0.05, 0) is 63.4 Å². The minimum absolute atomic E-state index is 0.0471. The molecule has 0 spiro atoms. The van der Waals surface area contributed by atoms with Crippen LogP contribution < -0.4 is 11.0 Å². The summed E-state index contributed by atoms with van der Waals surface area (Å²) in [6.45, 7) is 6.57. The summed E-state index contributed by atoms with van der Waals surface area (Å²) in [7, 11) is 0. The van der Waals surface area contributed by atoms with E-state index in [2.05, 4.69) is 40.3 Å². The van der Waals surface area contributed by atoms with Crippen LogP contribution in [0.2, 0.25) is 0 Å². The summed E-state index contributed by atoms with van der Waals surface area (Å²) >= 11 is 0. The Balaban J connectivity index is 1.52. The predicted molar refractivity (Wildman–Crippen MR) is 93.0 cm³/mol. The number of imidazole rings is 1. The highest BCUT2D eigenvalue weighted by Gasteiger charge is 2.28. The highest BCUT2D eigenvalue weighted by Crippen LogP contribution is 2.27. The minimum Gasteiger partial charge on any atom is -0.317 e. The molecule has 0 atom stereocenters. The molecule has 0 amide bonds. The lowest BCUT2D eigenvalue weighted by atomic mass is 9.98. The Morgan fingerprint density at radius 3 is 2.52 bits per heavy atom. The number of benzene rings is 1. The largest absolute Gasteiger partial charge is 0.326 e. The molecule has 4 rings (SSSR count). The molecule has 2 fully saturated rings. The number of aromatic nitrogens is 2. The van der Waals surface area contributed by atoms with Crippen LogP contribution in [0.3, 0.4) is 0 Å². The third-order valence-corrected chi connectivity index (χ3v) is 5.56. The van der Waals surface area contributed by atoms with Crippen LogP contribution in [0.15, 0.2) is 23.0 Å². The first-order valence-electron chi connectivity index (χ1n) is 8.88. The van der Waals surface area contributed by atoms with Crippen molar-refractivity contribution in [3.63, 3.8) is 0 Å². The molecule has 2 N–H and O–H groups in total. The third-order valence-electron chi connectivity index (χ3n) is 5.56.